The van der Waals surface area contributed by atoms with E-state index in [2.05, 4.69) is 4.74 Å². The Morgan fingerprint density at radius 2 is 1.76 bits per heavy atom. The highest BCUT2D eigenvalue weighted by Gasteiger charge is 2.19. The quantitative estimate of drug-likeness (QED) is 0.462. The third-order valence-corrected chi connectivity index (χ3v) is 3.47. The maximum absolute atomic E-state index is 12.7. The largest absolute Gasteiger partial charge is 0.493 e. The predicted octanol–water partition coefficient (Wildman–Crippen LogP) is 0.718. The number of methoxy groups -OCH3 is 3. The lowest BCUT2D eigenvalue weighted by molar-refractivity contribution is -0.140. The summed E-state index contributed by atoms with van der Waals surface area (Å²) >= 11 is 0. The van der Waals surface area contributed by atoms with Gasteiger partial charge in [-0.25, -0.2) is 0 Å². The Hall–Kier alpha value is -2.32. The molecule has 8 nitrogen and oxygen atoms in total. The minimum atomic E-state index is -0.401. The molecule has 0 spiro atoms. The van der Waals surface area contributed by atoms with Crippen LogP contribution in [0, 0.1) is 0 Å². The van der Waals surface area contributed by atoms with Crippen LogP contribution in [0.4, 0.5) is 0 Å². The van der Waals surface area contributed by atoms with E-state index >= 15 is 0 Å². The molecule has 0 aliphatic carbocycles. The average Bonchev–Trinajstić information content (AvgIpc) is 2.65. The summed E-state index contributed by atoms with van der Waals surface area (Å²) in [6, 6.07) is 4.86. The molecule has 1 amide bonds. The van der Waals surface area contributed by atoms with Crippen molar-refractivity contribution in [1.29, 1.82) is 0 Å². The molecule has 1 N–H and O–H groups in total. The van der Waals surface area contributed by atoms with E-state index in [0.29, 0.717) is 17.1 Å². The summed E-state index contributed by atoms with van der Waals surface area (Å²) in [5.41, 5.74) is 0.407. The Morgan fingerprint density at radius 3 is 2.36 bits per heavy atom. The Balaban J connectivity index is 2.86. The molecule has 0 bridgehead atoms. The monoisotopic (exact) mass is 355 g/mol. The van der Waals surface area contributed by atoms with E-state index in [-0.39, 0.29) is 45.2 Å². The summed E-state index contributed by atoms with van der Waals surface area (Å²) < 4.78 is 20.2. The van der Waals surface area contributed by atoms with Crippen molar-refractivity contribution < 1.29 is 33.6 Å². The highest BCUT2D eigenvalue weighted by molar-refractivity contribution is 5.95. The molecule has 0 unspecified atom stereocenters. The molecule has 0 aliphatic rings. The normalized spacial score (nSPS) is 10.2. The highest BCUT2D eigenvalue weighted by atomic mass is 16.5. The summed E-state index contributed by atoms with van der Waals surface area (Å²) in [5.74, 6) is 0.295. The van der Waals surface area contributed by atoms with Gasteiger partial charge in [-0.1, -0.05) is 0 Å². The first-order valence-corrected chi connectivity index (χ1v) is 7.84. The van der Waals surface area contributed by atoms with Crippen LogP contribution in [0.25, 0.3) is 0 Å². The van der Waals surface area contributed by atoms with E-state index < -0.39 is 5.97 Å². The first kappa shape index (κ1) is 20.7. The smallest absolute Gasteiger partial charge is 0.307 e. The number of aliphatic hydroxyl groups excluding tert-OH is 1. The van der Waals surface area contributed by atoms with Gasteiger partial charge in [0.2, 0.25) is 0 Å². The molecule has 8 heteroatoms. The Labute approximate surface area is 147 Å². The second-order valence-corrected chi connectivity index (χ2v) is 5.02. The van der Waals surface area contributed by atoms with Crippen molar-refractivity contribution in [1.82, 2.24) is 4.90 Å². The number of ether oxygens (including phenoxy) is 4. The van der Waals surface area contributed by atoms with Crippen molar-refractivity contribution in [3.05, 3.63) is 23.8 Å². The van der Waals surface area contributed by atoms with E-state index in [1.165, 1.54) is 26.2 Å². The Morgan fingerprint density at radius 1 is 1.04 bits per heavy atom. The number of benzene rings is 1. The molecule has 0 saturated heterocycles. The van der Waals surface area contributed by atoms with Gasteiger partial charge >= 0.3 is 5.97 Å². The zero-order valence-electron chi connectivity index (χ0n) is 14.8. The Kier molecular flexibility index (Phi) is 9.34. The van der Waals surface area contributed by atoms with Gasteiger partial charge in [0.15, 0.2) is 11.5 Å². The minimum Gasteiger partial charge on any atom is -0.493 e. The molecule has 1 rings (SSSR count). The van der Waals surface area contributed by atoms with Crippen LogP contribution in [0.15, 0.2) is 18.2 Å². The van der Waals surface area contributed by atoms with Gasteiger partial charge in [0.25, 0.3) is 5.91 Å². The molecule has 0 radical (unpaired) electrons. The van der Waals surface area contributed by atoms with Crippen LogP contribution in [-0.4, -0.2) is 76.1 Å². The van der Waals surface area contributed by atoms with E-state index in [1.807, 2.05) is 0 Å². The summed E-state index contributed by atoms with van der Waals surface area (Å²) in [5, 5.41) is 8.74. The van der Waals surface area contributed by atoms with Crippen LogP contribution in [-0.2, 0) is 14.3 Å². The van der Waals surface area contributed by atoms with Gasteiger partial charge in [0.1, 0.15) is 0 Å². The Bertz CT molecular complexity index is 562. The molecule has 0 aromatic heterocycles. The molecule has 0 saturated carbocycles. The van der Waals surface area contributed by atoms with Crippen LogP contribution in [0.1, 0.15) is 16.8 Å². The van der Waals surface area contributed by atoms with Crippen LogP contribution >= 0.6 is 0 Å². The third-order valence-electron chi connectivity index (χ3n) is 3.47. The molecular formula is C17H25NO7. The lowest BCUT2D eigenvalue weighted by Crippen LogP contribution is -2.36. The van der Waals surface area contributed by atoms with Crippen LogP contribution in [0.2, 0.25) is 0 Å². The highest BCUT2D eigenvalue weighted by Crippen LogP contribution is 2.28. The summed E-state index contributed by atoms with van der Waals surface area (Å²) in [6.45, 7) is 0.828. The zero-order chi connectivity index (χ0) is 18.7. The third kappa shape index (κ3) is 6.60. The number of esters is 1. The number of nitrogens with zero attached hydrogens (tertiary/aromatic N) is 1. The predicted molar refractivity (Wildman–Crippen MR) is 90.0 cm³/mol. The van der Waals surface area contributed by atoms with Gasteiger partial charge in [-0.2, -0.15) is 0 Å². The lowest BCUT2D eigenvalue weighted by Gasteiger charge is -2.22. The summed E-state index contributed by atoms with van der Waals surface area (Å²) in [6.07, 6.45) is 0.0789. The first-order chi connectivity index (χ1) is 12.1. The van der Waals surface area contributed by atoms with Gasteiger partial charge < -0.3 is 29.0 Å². The van der Waals surface area contributed by atoms with Gasteiger partial charge in [-0.05, 0) is 18.2 Å². The number of aliphatic hydroxyl groups is 1. The number of carbonyl (C=O) groups excluding carboxylic acids is 2. The van der Waals surface area contributed by atoms with Gasteiger partial charge in [-0.3, -0.25) is 9.59 Å². The van der Waals surface area contributed by atoms with E-state index in [0.717, 1.165) is 0 Å². The SMILES string of the molecule is COC(=O)CCN(CCOCCO)C(=O)c1ccc(OC)c(OC)c1. The molecule has 0 aliphatic heterocycles. The molecular weight excluding hydrogens is 330 g/mol. The topological polar surface area (TPSA) is 94.5 Å². The van der Waals surface area contributed by atoms with Crippen molar-refractivity contribution in [2.45, 2.75) is 6.42 Å². The van der Waals surface area contributed by atoms with Crippen LogP contribution < -0.4 is 9.47 Å². The molecule has 0 atom stereocenters. The fourth-order valence-electron chi connectivity index (χ4n) is 2.14. The number of carbonyl (C=O) groups is 2. The maximum Gasteiger partial charge on any atom is 0.307 e. The zero-order valence-corrected chi connectivity index (χ0v) is 14.8. The van der Waals surface area contributed by atoms with Gasteiger partial charge in [0, 0.05) is 18.7 Å². The number of hydrogen-bond acceptors (Lipinski definition) is 7. The van der Waals surface area contributed by atoms with Gasteiger partial charge in [-0.15, -0.1) is 0 Å². The van der Waals surface area contributed by atoms with E-state index in [4.69, 9.17) is 19.3 Å². The fraction of sp³-hybridized carbons (Fsp3) is 0.529. The second kappa shape index (κ2) is 11.3. The molecule has 25 heavy (non-hydrogen) atoms. The van der Waals surface area contributed by atoms with Crippen molar-refractivity contribution >= 4 is 11.9 Å². The molecule has 140 valence electrons. The molecule has 0 heterocycles. The molecule has 0 fully saturated rings. The van der Waals surface area contributed by atoms with E-state index in [1.54, 1.807) is 18.2 Å². The van der Waals surface area contributed by atoms with Crippen molar-refractivity contribution in [3.8, 4) is 11.5 Å². The van der Waals surface area contributed by atoms with Crippen molar-refractivity contribution in [2.75, 3.05) is 54.2 Å². The van der Waals surface area contributed by atoms with E-state index in [9.17, 15) is 9.59 Å². The number of amides is 1. The minimum absolute atomic E-state index is 0.0789. The van der Waals surface area contributed by atoms with Crippen LogP contribution in [0.5, 0.6) is 11.5 Å². The van der Waals surface area contributed by atoms with Crippen molar-refractivity contribution in [2.24, 2.45) is 0 Å². The number of hydrogen-bond donors (Lipinski definition) is 1. The fourth-order valence-corrected chi connectivity index (χ4v) is 2.14. The maximum atomic E-state index is 12.7. The van der Waals surface area contributed by atoms with Crippen molar-refractivity contribution in [3.63, 3.8) is 0 Å². The van der Waals surface area contributed by atoms with Crippen LogP contribution in [0.3, 0.4) is 0 Å². The van der Waals surface area contributed by atoms with Gasteiger partial charge in [0.05, 0.1) is 47.6 Å². The second-order valence-electron chi connectivity index (χ2n) is 5.02. The summed E-state index contributed by atoms with van der Waals surface area (Å²) in [7, 11) is 4.30. The lowest BCUT2D eigenvalue weighted by atomic mass is 10.1. The molecule has 1 aromatic rings. The average molecular weight is 355 g/mol. The molecule has 1 aromatic carbocycles. The number of rotatable bonds is 11. The standard InChI is InChI=1S/C17H25NO7/c1-22-14-5-4-13(12-15(14)23-2)17(21)18(7-6-16(20)24-3)8-10-25-11-9-19/h4-5,12,19H,6-11H2,1-3H3. The summed E-state index contributed by atoms with van der Waals surface area (Å²) in [4.78, 5) is 25.6. The first-order valence-electron chi connectivity index (χ1n) is 7.84.